The summed E-state index contributed by atoms with van der Waals surface area (Å²) >= 11 is 0. The van der Waals surface area contributed by atoms with Gasteiger partial charge in [0, 0.05) is 11.6 Å². The van der Waals surface area contributed by atoms with E-state index in [2.05, 4.69) is 5.32 Å². The lowest BCUT2D eigenvalue weighted by Crippen LogP contribution is -2.16. The van der Waals surface area contributed by atoms with Crippen LogP contribution in [0.1, 0.15) is 19.4 Å². The first kappa shape index (κ1) is 11.4. The number of rotatable bonds is 3. The van der Waals surface area contributed by atoms with Crippen LogP contribution in [0.15, 0.2) is 12.1 Å². The topological polar surface area (TPSA) is 61.9 Å². The number of nitrogens with one attached hydrogen (secondary N) is 2. The fourth-order valence-corrected chi connectivity index (χ4v) is 1.16. The molecule has 0 aliphatic carbocycles. The lowest BCUT2D eigenvalue weighted by Gasteiger charge is -2.12. The quantitative estimate of drug-likeness (QED) is 0.531. The highest BCUT2D eigenvalue weighted by molar-refractivity contribution is 5.95. The average Bonchev–Trinajstić information content (AvgIpc) is 2.10. The molecule has 15 heavy (non-hydrogen) atoms. The van der Waals surface area contributed by atoms with Gasteiger partial charge >= 0.3 is 0 Å². The van der Waals surface area contributed by atoms with Gasteiger partial charge in [0.05, 0.1) is 0 Å². The maximum atomic E-state index is 13.4. The van der Waals surface area contributed by atoms with Crippen molar-refractivity contribution in [1.82, 2.24) is 0 Å². The van der Waals surface area contributed by atoms with Gasteiger partial charge in [-0.15, -0.1) is 0 Å². The second-order valence-corrected chi connectivity index (χ2v) is 3.53. The number of anilines is 1. The Balaban J connectivity index is 3.15. The fraction of sp³-hybridized carbons (Fsp3) is 0.300. The second kappa shape index (κ2) is 4.25. The van der Waals surface area contributed by atoms with Gasteiger partial charge in [-0.05, 0) is 26.0 Å². The van der Waals surface area contributed by atoms with Gasteiger partial charge in [-0.1, -0.05) is 0 Å². The van der Waals surface area contributed by atoms with E-state index in [1.165, 1.54) is 0 Å². The summed E-state index contributed by atoms with van der Waals surface area (Å²) in [5.74, 6) is -1.84. The van der Waals surface area contributed by atoms with Crippen molar-refractivity contribution >= 4 is 11.5 Å². The van der Waals surface area contributed by atoms with Crippen LogP contribution in [0.4, 0.5) is 14.5 Å². The first-order chi connectivity index (χ1) is 6.91. The maximum absolute atomic E-state index is 13.4. The van der Waals surface area contributed by atoms with Crippen molar-refractivity contribution in [1.29, 1.82) is 5.41 Å². The van der Waals surface area contributed by atoms with E-state index in [1.54, 1.807) is 13.8 Å². The first-order valence-electron chi connectivity index (χ1n) is 4.51. The number of benzene rings is 1. The van der Waals surface area contributed by atoms with E-state index in [-0.39, 0.29) is 23.1 Å². The molecule has 5 heteroatoms. The summed E-state index contributed by atoms with van der Waals surface area (Å²) in [6.45, 7) is 3.55. The zero-order chi connectivity index (χ0) is 11.6. The molecule has 0 saturated carbocycles. The Morgan fingerprint density at radius 2 is 1.80 bits per heavy atom. The van der Waals surface area contributed by atoms with Gasteiger partial charge in [0.25, 0.3) is 0 Å². The Bertz CT molecular complexity index is 365. The fourth-order valence-electron chi connectivity index (χ4n) is 1.16. The molecular weight excluding hydrogens is 200 g/mol. The summed E-state index contributed by atoms with van der Waals surface area (Å²) in [5, 5.41) is 9.71. The average molecular weight is 213 g/mol. The van der Waals surface area contributed by atoms with Gasteiger partial charge in [0.15, 0.2) is 0 Å². The van der Waals surface area contributed by atoms with Crippen molar-refractivity contribution < 1.29 is 8.78 Å². The predicted octanol–water partition coefficient (Wildman–Crippen LogP) is 2.07. The highest BCUT2D eigenvalue weighted by Crippen LogP contribution is 2.21. The summed E-state index contributed by atoms with van der Waals surface area (Å²) in [7, 11) is 0. The lowest BCUT2D eigenvalue weighted by atomic mass is 10.1. The number of nitrogen functional groups attached to an aromatic ring is 1. The highest BCUT2D eigenvalue weighted by Gasteiger charge is 2.12. The van der Waals surface area contributed by atoms with Gasteiger partial charge in [0.1, 0.15) is 23.2 Å². The van der Waals surface area contributed by atoms with Crippen LogP contribution in [0.25, 0.3) is 0 Å². The number of hydrogen-bond acceptors (Lipinski definition) is 2. The van der Waals surface area contributed by atoms with E-state index in [1.807, 2.05) is 0 Å². The number of amidine groups is 1. The largest absolute Gasteiger partial charge is 0.384 e. The normalized spacial score (nSPS) is 10.5. The SMILES string of the molecule is CC(C)Nc1c(F)cc(C(=N)N)cc1F. The smallest absolute Gasteiger partial charge is 0.150 e. The third kappa shape index (κ3) is 2.65. The summed E-state index contributed by atoms with van der Waals surface area (Å²) in [4.78, 5) is 0. The molecule has 4 N–H and O–H groups in total. The maximum Gasteiger partial charge on any atom is 0.150 e. The van der Waals surface area contributed by atoms with Crippen LogP contribution in [0.3, 0.4) is 0 Å². The van der Waals surface area contributed by atoms with E-state index in [0.29, 0.717) is 0 Å². The number of halogens is 2. The van der Waals surface area contributed by atoms with E-state index in [9.17, 15) is 8.78 Å². The molecule has 0 aliphatic rings. The number of hydrogen-bond donors (Lipinski definition) is 3. The van der Waals surface area contributed by atoms with Gasteiger partial charge in [-0.2, -0.15) is 0 Å². The van der Waals surface area contributed by atoms with Gasteiger partial charge in [-0.3, -0.25) is 5.41 Å². The predicted molar refractivity (Wildman–Crippen MR) is 56.1 cm³/mol. The van der Waals surface area contributed by atoms with Crippen LogP contribution < -0.4 is 11.1 Å². The van der Waals surface area contributed by atoms with Crippen LogP contribution in [-0.4, -0.2) is 11.9 Å². The van der Waals surface area contributed by atoms with Crippen LogP contribution in [0, 0.1) is 17.0 Å². The summed E-state index contributed by atoms with van der Waals surface area (Å²) in [6, 6.07) is 2.00. The van der Waals surface area contributed by atoms with E-state index in [4.69, 9.17) is 11.1 Å². The Morgan fingerprint density at radius 1 is 1.33 bits per heavy atom. The van der Waals surface area contributed by atoms with Crippen LogP contribution >= 0.6 is 0 Å². The molecule has 1 rings (SSSR count). The highest BCUT2D eigenvalue weighted by atomic mass is 19.1. The Kier molecular flexibility index (Phi) is 3.24. The number of nitrogens with two attached hydrogens (primary N) is 1. The van der Waals surface area contributed by atoms with E-state index in [0.717, 1.165) is 12.1 Å². The van der Waals surface area contributed by atoms with Crippen molar-refractivity contribution in [2.75, 3.05) is 5.32 Å². The van der Waals surface area contributed by atoms with Gasteiger partial charge in [0.2, 0.25) is 0 Å². The van der Waals surface area contributed by atoms with Crippen LogP contribution in [-0.2, 0) is 0 Å². The molecule has 0 heterocycles. The van der Waals surface area contributed by atoms with Crippen molar-refractivity contribution in [2.45, 2.75) is 19.9 Å². The van der Waals surface area contributed by atoms with E-state index >= 15 is 0 Å². The third-order valence-electron chi connectivity index (χ3n) is 1.79. The molecule has 0 aromatic heterocycles. The molecule has 0 atom stereocenters. The standard InChI is InChI=1S/C10H13F2N3/c1-5(2)15-9-7(11)3-6(10(13)14)4-8(9)12/h3-5,15H,1-2H3,(H3,13,14). The van der Waals surface area contributed by atoms with Crippen molar-refractivity contribution in [2.24, 2.45) is 5.73 Å². The summed E-state index contributed by atoms with van der Waals surface area (Å²) < 4.78 is 26.8. The molecule has 0 fully saturated rings. The van der Waals surface area contributed by atoms with Crippen molar-refractivity contribution in [3.05, 3.63) is 29.3 Å². The zero-order valence-electron chi connectivity index (χ0n) is 8.57. The molecular formula is C10H13F2N3. The molecule has 0 saturated heterocycles. The van der Waals surface area contributed by atoms with Crippen molar-refractivity contribution in [3.63, 3.8) is 0 Å². The summed E-state index contributed by atoms with van der Waals surface area (Å²) in [6.07, 6.45) is 0. The third-order valence-corrected chi connectivity index (χ3v) is 1.79. The van der Waals surface area contributed by atoms with Gasteiger partial charge in [-0.25, -0.2) is 8.78 Å². The molecule has 1 aromatic carbocycles. The minimum atomic E-state index is -0.742. The van der Waals surface area contributed by atoms with Crippen LogP contribution in [0.2, 0.25) is 0 Å². The minimum Gasteiger partial charge on any atom is -0.384 e. The molecule has 0 radical (unpaired) electrons. The molecule has 82 valence electrons. The molecule has 1 aromatic rings. The first-order valence-corrected chi connectivity index (χ1v) is 4.51. The second-order valence-electron chi connectivity index (χ2n) is 3.53. The molecule has 0 unspecified atom stereocenters. The molecule has 0 bridgehead atoms. The molecule has 3 nitrogen and oxygen atoms in total. The lowest BCUT2D eigenvalue weighted by molar-refractivity contribution is 0.584. The minimum absolute atomic E-state index is 0.0410. The van der Waals surface area contributed by atoms with Gasteiger partial charge < -0.3 is 11.1 Å². The Morgan fingerprint density at radius 3 is 2.13 bits per heavy atom. The molecule has 0 aliphatic heterocycles. The van der Waals surface area contributed by atoms with Crippen molar-refractivity contribution in [3.8, 4) is 0 Å². The summed E-state index contributed by atoms with van der Waals surface area (Å²) in [5.41, 5.74) is 4.99. The zero-order valence-corrected chi connectivity index (χ0v) is 8.57. The Labute approximate surface area is 86.8 Å². The van der Waals surface area contributed by atoms with Crippen LogP contribution in [0.5, 0.6) is 0 Å². The monoisotopic (exact) mass is 213 g/mol. The Hall–Kier alpha value is -1.65. The molecule has 0 spiro atoms. The van der Waals surface area contributed by atoms with E-state index < -0.39 is 11.6 Å². The molecule has 0 amide bonds.